The number of hydrogen-bond acceptors (Lipinski definition) is 4. The predicted molar refractivity (Wildman–Crippen MR) is 83.9 cm³/mol. The zero-order valence-electron chi connectivity index (χ0n) is 13.6. The minimum atomic E-state index is 0.154. The van der Waals surface area contributed by atoms with E-state index >= 15 is 0 Å². The second-order valence-corrected chi connectivity index (χ2v) is 6.82. The van der Waals surface area contributed by atoms with E-state index in [1.54, 1.807) is 0 Å². The van der Waals surface area contributed by atoms with Crippen LogP contribution in [0.3, 0.4) is 0 Å². The maximum absolute atomic E-state index is 6.20. The van der Waals surface area contributed by atoms with Gasteiger partial charge in [-0.3, -0.25) is 4.90 Å². The van der Waals surface area contributed by atoms with E-state index in [1.807, 2.05) is 0 Å². The van der Waals surface area contributed by atoms with E-state index in [0.717, 1.165) is 32.5 Å². The summed E-state index contributed by atoms with van der Waals surface area (Å²) in [7, 11) is 4.53. The highest BCUT2D eigenvalue weighted by molar-refractivity contribution is 4.97. The van der Waals surface area contributed by atoms with Crippen molar-refractivity contribution in [3.8, 4) is 0 Å². The van der Waals surface area contributed by atoms with Crippen molar-refractivity contribution in [2.75, 3.05) is 40.3 Å². The van der Waals surface area contributed by atoms with Crippen molar-refractivity contribution in [3.63, 3.8) is 0 Å². The minimum absolute atomic E-state index is 0.154. The van der Waals surface area contributed by atoms with Crippen molar-refractivity contribution >= 4 is 0 Å². The van der Waals surface area contributed by atoms with Gasteiger partial charge < -0.3 is 15.4 Å². The Kier molecular flexibility index (Phi) is 5.84. The summed E-state index contributed by atoms with van der Waals surface area (Å²) >= 11 is 0. The summed E-state index contributed by atoms with van der Waals surface area (Å²) in [6.07, 6.45) is 7.61. The second-order valence-electron chi connectivity index (χ2n) is 6.82. The molecule has 2 N–H and O–H groups in total. The highest BCUT2D eigenvalue weighted by Crippen LogP contribution is 2.32. The summed E-state index contributed by atoms with van der Waals surface area (Å²) in [5.41, 5.74) is 6.35. The average Bonchev–Trinajstić information content (AvgIpc) is 2.85. The van der Waals surface area contributed by atoms with Crippen molar-refractivity contribution in [2.45, 2.75) is 63.1 Å². The van der Waals surface area contributed by atoms with E-state index in [9.17, 15) is 0 Å². The highest BCUT2D eigenvalue weighted by atomic mass is 16.5. The van der Waals surface area contributed by atoms with E-state index in [0.29, 0.717) is 12.1 Å². The monoisotopic (exact) mass is 283 g/mol. The van der Waals surface area contributed by atoms with Gasteiger partial charge in [0.25, 0.3) is 0 Å². The highest BCUT2D eigenvalue weighted by Gasteiger charge is 2.40. The maximum Gasteiger partial charge on any atom is 0.0593 e. The summed E-state index contributed by atoms with van der Waals surface area (Å²) in [5.74, 6) is 0. The lowest BCUT2D eigenvalue weighted by atomic mass is 9.83. The summed E-state index contributed by atoms with van der Waals surface area (Å²) in [5, 5.41) is 0. The molecule has 3 unspecified atom stereocenters. The SMILES string of the molecule is CCCC1CC(CN)(N(C)CC2CCCN2C)CCO1. The molecule has 2 rings (SSSR count). The van der Waals surface area contributed by atoms with Crippen LogP contribution in [-0.4, -0.2) is 67.8 Å². The van der Waals surface area contributed by atoms with Gasteiger partial charge in [0, 0.05) is 31.3 Å². The summed E-state index contributed by atoms with van der Waals surface area (Å²) in [6.45, 7) is 6.25. The molecule has 2 fully saturated rings. The molecule has 4 heteroatoms. The normalized spacial score (nSPS) is 35.9. The van der Waals surface area contributed by atoms with Gasteiger partial charge >= 0.3 is 0 Å². The molecule has 3 atom stereocenters. The van der Waals surface area contributed by atoms with Crippen LogP contribution in [0.4, 0.5) is 0 Å². The fourth-order valence-corrected chi connectivity index (χ4v) is 3.92. The largest absolute Gasteiger partial charge is 0.378 e. The molecule has 0 saturated carbocycles. The smallest absolute Gasteiger partial charge is 0.0593 e. The lowest BCUT2D eigenvalue weighted by molar-refractivity contribution is -0.0702. The number of nitrogens with two attached hydrogens (primary N) is 1. The summed E-state index contributed by atoms with van der Waals surface area (Å²) < 4.78 is 5.92. The molecule has 0 aromatic carbocycles. The van der Waals surface area contributed by atoms with Gasteiger partial charge in [0.2, 0.25) is 0 Å². The van der Waals surface area contributed by atoms with Crippen LogP contribution in [0.5, 0.6) is 0 Å². The average molecular weight is 283 g/mol. The molecule has 4 nitrogen and oxygen atoms in total. The van der Waals surface area contributed by atoms with Gasteiger partial charge in [-0.15, -0.1) is 0 Å². The topological polar surface area (TPSA) is 41.7 Å². The number of hydrogen-bond donors (Lipinski definition) is 1. The van der Waals surface area contributed by atoms with Crippen LogP contribution in [0, 0.1) is 0 Å². The van der Waals surface area contributed by atoms with Crippen LogP contribution in [-0.2, 0) is 4.74 Å². The summed E-state index contributed by atoms with van der Waals surface area (Å²) in [4.78, 5) is 5.05. The standard InChI is InChI=1S/C16H33N3O/c1-4-6-15-11-16(13-17,8-10-20-15)19(3)12-14-7-5-9-18(14)2/h14-15H,4-13,17H2,1-3H3. The second kappa shape index (κ2) is 7.21. The van der Waals surface area contributed by atoms with E-state index in [4.69, 9.17) is 10.5 Å². The van der Waals surface area contributed by atoms with Crippen LogP contribution in [0.2, 0.25) is 0 Å². The zero-order chi connectivity index (χ0) is 14.6. The summed E-state index contributed by atoms with van der Waals surface area (Å²) in [6, 6.07) is 0.705. The van der Waals surface area contributed by atoms with Gasteiger partial charge in [-0.05, 0) is 52.7 Å². The molecule has 2 heterocycles. The molecule has 2 aliphatic heterocycles. The number of likely N-dealkylation sites (N-methyl/N-ethyl adjacent to an activating group) is 2. The first-order valence-electron chi connectivity index (χ1n) is 8.34. The molecule has 0 spiro atoms. The first kappa shape index (κ1) is 16.2. The Hall–Kier alpha value is -0.160. The van der Waals surface area contributed by atoms with Gasteiger partial charge in [0.05, 0.1) is 6.10 Å². The third-order valence-corrected chi connectivity index (χ3v) is 5.49. The molecule has 0 bridgehead atoms. The fraction of sp³-hybridized carbons (Fsp3) is 1.00. The Balaban J connectivity index is 1.97. The fourth-order valence-electron chi connectivity index (χ4n) is 3.92. The number of nitrogens with zero attached hydrogens (tertiary/aromatic N) is 2. The molecule has 0 radical (unpaired) electrons. The quantitative estimate of drug-likeness (QED) is 0.805. The van der Waals surface area contributed by atoms with Gasteiger partial charge in [-0.1, -0.05) is 13.3 Å². The lowest BCUT2D eigenvalue weighted by Gasteiger charge is -2.47. The molecule has 2 aliphatic rings. The van der Waals surface area contributed by atoms with Crippen LogP contribution >= 0.6 is 0 Å². The zero-order valence-corrected chi connectivity index (χ0v) is 13.6. The van der Waals surface area contributed by atoms with Crippen molar-refractivity contribution in [1.29, 1.82) is 0 Å². The number of ether oxygens (including phenoxy) is 1. The van der Waals surface area contributed by atoms with E-state index in [2.05, 4.69) is 30.8 Å². The first-order chi connectivity index (χ1) is 9.61. The Morgan fingerprint density at radius 2 is 2.25 bits per heavy atom. The number of likely N-dealkylation sites (tertiary alicyclic amines) is 1. The Morgan fingerprint density at radius 3 is 2.85 bits per heavy atom. The predicted octanol–water partition coefficient (Wildman–Crippen LogP) is 1.69. The van der Waals surface area contributed by atoms with Gasteiger partial charge in [-0.2, -0.15) is 0 Å². The van der Waals surface area contributed by atoms with Crippen LogP contribution < -0.4 is 5.73 Å². The minimum Gasteiger partial charge on any atom is -0.378 e. The Bertz CT molecular complexity index is 297. The van der Waals surface area contributed by atoms with E-state index in [1.165, 1.54) is 32.2 Å². The van der Waals surface area contributed by atoms with Crippen LogP contribution in [0.25, 0.3) is 0 Å². The first-order valence-corrected chi connectivity index (χ1v) is 8.34. The molecule has 0 aliphatic carbocycles. The Morgan fingerprint density at radius 1 is 1.45 bits per heavy atom. The molecule has 0 aromatic heterocycles. The molecular formula is C16H33N3O. The van der Waals surface area contributed by atoms with E-state index < -0.39 is 0 Å². The van der Waals surface area contributed by atoms with Gasteiger partial charge in [-0.25, -0.2) is 0 Å². The van der Waals surface area contributed by atoms with Gasteiger partial charge in [0.15, 0.2) is 0 Å². The maximum atomic E-state index is 6.20. The van der Waals surface area contributed by atoms with Gasteiger partial charge in [0.1, 0.15) is 0 Å². The molecule has 2 saturated heterocycles. The lowest BCUT2D eigenvalue weighted by Crippen LogP contribution is -2.59. The third-order valence-electron chi connectivity index (χ3n) is 5.49. The third kappa shape index (κ3) is 3.53. The number of rotatable bonds is 6. The van der Waals surface area contributed by atoms with Crippen LogP contribution in [0.1, 0.15) is 45.4 Å². The molecule has 0 aromatic rings. The van der Waals surface area contributed by atoms with Crippen molar-refractivity contribution in [3.05, 3.63) is 0 Å². The molecular weight excluding hydrogens is 250 g/mol. The van der Waals surface area contributed by atoms with Crippen molar-refractivity contribution < 1.29 is 4.74 Å². The van der Waals surface area contributed by atoms with Crippen LogP contribution in [0.15, 0.2) is 0 Å². The van der Waals surface area contributed by atoms with Crippen molar-refractivity contribution in [2.24, 2.45) is 5.73 Å². The van der Waals surface area contributed by atoms with Crippen molar-refractivity contribution in [1.82, 2.24) is 9.80 Å². The molecule has 0 amide bonds. The van der Waals surface area contributed by atoms with E-state index in [-0.39, 0.29) is 5.54 Å². The molecule has 20 heavy (non-hydrogen) atoms. The Labute approximate surface area is 124 Å². The molecule has 118 valence electrons.